The van der Waals surface area contributed by atoms with Crippen molar-refractivity contribution < 1.29 is 9.53 Å². The summed E-state index contributed by atoms with van der Waals surface area (Å²) in [7, 11) is 0. The quantitative estimate of drug-likeness (QED) is 0.364. The lowest BCUT2D eigenvalue weighted by molar-refractivity contribution is -0.142. The minimum atomic E-state index is -0.173. The van der Waals surface area contributed by atoms with Gasteiger partial charge in [-0.25, -0.2) is 4.79 Å². The summed E-state index contributed by atoms with van der Waals surface area (Å²) in [4.78, 5) is 11.6. The van der Waals surface area contributed by atoms with Gasteiger partial charge in [0.15, 0.2) is 0 Å². The van der Waals surface area contributed by atoms with E-state index < -0.39 is 0 Å². The lowest BCUT2D eigenvalue weighted by Gasteiger charge is -2.49. The highest BCUT2D eigenvalue weighted by atomic mass is 16.6. The summed E-state index contributed by atoms with van der Waals surface area (Å²) >= 11 is 0. The normalized spacial score (nSPS) is 45.2. The van der Waals surface area contributed by atoms with Crippen molar-refractivity contribution in [3.63, 3.8) is 0 Å². The topological polar surface area (TPSA) is 26.3 Å². The maximum atomic E-state index is 11.6. The molecule has 1 heterocycles. The van der Waals surface area contributed by atoms with Crippen LogP contribution in [0.3, 0.4) is 0 Å². The van der Waals surface area contributed by atoms with Crippen molar-refractivity contribution in [2.45, 2.75) is 45.1 Å². The van der Waals surface area contributed by atoms with Gasteiger partial charge in [0.05, 0.1) is 0 Å². The third-order valence-electron chi connectivity index (χ3n) is 5.15. The average molecular weight is 232 g/mol. The minimum Gasteiger partial charge on any atom is -0.458 e. The van der Waals surface area contributed by atoms with Crippen LogP contribution >= 0.6 is 0 Å². The van der Waals surface area contributed by atoms with Crippen molar-refractivity contribution in [3.8, 4) is 0 Å². The number of esters is 1. The molecule has 2 saturated carbocycles. The van der Waals surface area contributed by atoms with Gasteiger partial charge in [-0.2, -0.15) is 0 Å². The summed E-state index contributed by atoms with van der Waals surface area (Å²) in [5.74, 6) is 0.632. The fraction of sp³-hybridized carbons (Fsp3) is 0.667. The van der Waals surface area contributed by atoms with Crippen molar-refractivity contribution in [3.05, 3.63) is 24.3 Å². The fourth-order valence-electron chi connectivity index (χ4n) is 4.12. The second-order valence-corrected chi connectivity index (χ2v) is 6.23. The van der Waals surface area contributed by atoms with Crippen molar-refractivity contribution in [2.24, 2.45) is 17.3 Å². The van der Waals surface area contributed by atoms with Gasteiger partial charge >= 0.3 is 5.97 Å². The second kappa shape index (κ2) is 3.47. The number of fused-ring (bicyclic) bond motifs is 2. The Morgan fingerprint density at radius 3 is 2.94 bits per heavy atom. The molecule has 4 atom stereocenters. The Bertz CT molecular complexity index is 409. The van der Waals surface area contributed by atoms with Gasteiger partial charge in [0.2, 0.25) is 0 Å². The van der Waals surface area contributed by atoms with E-state index in [1.807, 2.05) is 0 Å². The number of hydrogen-bond acceptors (Lipinski definition) is 2. The van der Waals surface area contributed by atoms with Gasteiger partial charge in [-0.05, 0) is 43.4 Å². The van der Waals surface area contributed by atoms with Crippen molar-refractivity contribution in [2.75, 3.05) is 0 Å². The molecule has 2 heteroatoms. The number of ether oxygens (including phenoxy) is 1. The monoisotopic (exact) mass is 232 g/mol. The Morgan fingerprint density at radius 1 is 1.41 bits per heavy atom. The maximum absolute atomic E-state index is 11.6. The highest BCUT2D eigenvalue weighted by Crippen LogP contribution is 2.56. The molecule has 0 amide bonds. The first-order valence-corrected chi connectivity index (χ1v) is 6.59. The average Bonchev–Trinajstić information content (AvgIpc) is 2.52. The number of carbonyl (C=O) groups excluding carboxylic acids is 1. The van der Waals surface area contributed by atoms with E-state index in [0.29, 0.717) is 16.9 Å². The van der Waals surface area contributed by atoms with E-state index in [4.69, 9.17) is 4.74 Å². The number of rotatable bonds is 0. The summed E-state index contributed by atoms with van der Waals surface area (Å²) in [6, 6.07) is 0. The summed E-state index contributed by atoms with van der Waals surface area (Å²) in [5.41, 5.74) is 2.36. The fourth-order valence-corrected chi connectivity index (χ4v) is 4.12. The molecule has 0 radical (unpaired) electrons. The second-order valence-electron chi connectivity index (χ2n) is 6.23. The van der Waals surface area contributed by atoms with Crippen LogP contribution in [-0.2, 0) is 9.53 Å². The van der Waals surface area contributed by atoms with E-state index in [-0.39, 0.29) is 18.0 Å². The molecule has 0 aromatic heterocycles. The van der Waals surface area contributed by atoms with E-state index in [2.05, 4.69) is 20.1 Å². The van der Waals surface area contributed by atoms with Crippen LogP contribution in [-0.4, -0.2) is 12.1 Å². The molecule has 0 aromatic rings. The van der Waals surface area contributed by atoms with E-state index in [1.165, 1.54) is 18.4 Å². The van der Waals surface area contributed by atoms with Gasteiger partial charge < -0.3 is 4.74 Å². The van der Waals surface area contributed by atoms with Crippen LogP contribution in [0.4, 0.5) is 0 Å². The van der Waals surface area contributed by atoms with Gasteiger partial charge in [-0.15, -0.1) is 0 Å². The molecule has 3 fully saturated rings. The Morgan fingerprint density at radius 2 is 2.18 bits per heavy atom. The molecule has 2 aliphatic carbocycles. The molecule has 0 bridgehead atoms. The van der Waals surface area contributed by atoms with Gasteiger partial charge in [0.1, 0.15) is 6.10 Å². The zero-order valence-electron chi connectivity index (χ0n) is 10.5. The number of carbonyl (C=O) groups is 1. The highest BCUT2D eigenvalue weighted by Gasteiger charge is 2.52. The Balaban J connectivity index is 1.91. The lowest BCUT2D eigenvalue weighted by atomic mass is 9.56. The molecular formula is C15H20O2. The molecule has 0 aromatic carbocycles. The molecule has 0 spiro atoms. The number of allylic oxidation sites excluding steroid dienone is 1. The molecule has 92 valence electrons. The molecule has 17 heavy (non-hydrogen) atoms. The van der Waals surface area contributed by atoms with E-state index in [1.54, 1.807) is 0 Å². The highest BCUT2D eigenvalue weighted by molar-refractivity contribution is 5.90. The van der Waals surface area contributed by atoms with Crippen LogP contribution in [0.2, 0.25) is 0 Å². The Labute approximate surface area is 103 Å². The standard InChI is InChI=1S/C15H20O2/c1-9-5-4-6-15(3)8-13-11(7-12(9)15)10(2)14(16)17-13/h11-13H,1-2,4-8H2,3H3/t11-,12+,13-,15+/m1/s1. The van der Waals surface area contributed by atoms with Gasteiger partial charge in [0, 0.05) is 11.5 Å². The molecule has 0 N–H and O–H groups in total. The zero-order chi connectivity index (χ0) is 12.2. The predicted octanol–water partition coefficient (Wildman–Crippen LogP) is 3.24. The Hall–Kier alpha value is -1.05. The first-order chi connectivity index (χ1) is 8.01. The van der Waals surface area contributed by atoms with Gasteiger partial charge in [0.25, 0.3) is 0 Å². The summed E-state index contributed by atoms with van der Waals surface area (Å²) in [6.07, 6.45) is 5.72. The van der Waals surface area contributed by atoms with Crippen molar-refractivity contribution >= 4 is 5.97 Å². The van der Waals surface area contributed by atoms with Crippen LogP contribution < -0.4 is 0 Å². The summed E-state index contributed by atoms with van der Waals surface area (Å²) in [6.45, 7) is 10.5. The van der Waals surface area contributed by atoms with Crippen LogP contribution in [0.15, 0.2) is 24.3 Å². The molecule has 1 saturated heterocycles. The summed E-state index contributed by atoms with van der Waals surface area (Å²) < 4.78 is 5.46. The smallest absolute Gasteiger partial charge is 0.334 e. The van der Waals surface area contributed by atoms with Gasteiger partial charge in [-0.3, -0.25) is 0 Å². The number of hydrogen-bond donors (Lipinski definition) is 0. The van der Waals surface area contributed by atoms with Crippen LogP contribution in [0.1, 0.15) is 39.0 Å². The van der Waals surface area contributed by atoms with Crippen molar-refractivity contribution in [1.82, 2.24) is 0 Å². The molecule has 2 nitrogen and oxygen atoms in total. The van der Waals surface area contributed by atoms with Crippen LogP contribution in [0.25, 0.3) is 0 Å². The third kappa shape index (κ3) is 1.50. The molecule has 1 aliphatic heterocycles. The van der Waals surface area contributed by atoms with E-state index in [9.17, 15) is 4.79 Å². The molecule has 0 unspecified atom stereocenters. The first kappa shape index (κ1) is 11.1. The molecule has 3 rings (SSSR count). The third-order valence-corrected chi connectivity index (χ3v) is 5.15. The maximum Gasteiger partial charge on any atom is 0.334 e. The lowest BCUT2D eigenvalue weighted by Crippen LogP contribution is -2.43. The zero-order valence-corrected chi connectivity index (χ0v) is 10.5. The van der Waals surface area contributed by atoms with Crippen molar-refractivity contribution in [1.29, 1.82) is 0 Å². The Kier molecular flexibility index (Phi) is 2.26. The SMILES string of the molecule is C=C1C(=O)O[C@@H]2C[C@]3(C)CCCC(=C)[C@@H]3C[C@H]12. The van der Waals surface area contributed by atoms with E-state index in [0.717, 1.165) is 19.3 Å². The van der Waals surface area contributed by atoms with E-state index >= 15 is 0 Å². The largest absolute Gasteiger partial charge is 0.458 e. The van der Waals surface area contributed by atoms with Crippen LogP contribution in [0.5, 0.6) is 0 Å². The predicted molar refractivity (Wildman–Crippen MR) is 66.3 cm³/mol. The first-order valence-electron chi connectivity index (χ1n) is 6.59. The molecular weight excluding hydrogens is 212 g/mol. The minimum absolute atomic E-state index is 0.0853. The summed E-state index contributed by atoms with van der Waals surface area (Å²) in [5, 5.41) is 0. The van der Waals surface area contributed by atoms with Gasteiger partial charge in [-0.1, -0.05) is 25.7 Å². The molecule has 3 aliphatic rings. The van der Waals surface area contributed by atoms with Crippen LogP contribution in [0, 0.1) is 17.3 Å².